The van der Waals surface area contributed by atoms with Gasteiger partial charge in [0.25, 0.3) is 0 Å². The topological polar surface area (TPSA) is 29.5 Å². The molecule has 0 unspecified atom stereocenters. The molecule has 0 aromatic heterocycles. The zero-order chi connectivity index (χ0) is 8.74. The van der Waals surface area contributed by atoms with Gasteiger partial charge in [-0.05, 0) is 19.3 Å². The minimum Gasteiger partial charge on any atom is -0.390 e. The standard InChI is InChI=1S/C7H14O2.C2H6/c1-2-7(8)3-5-9-6-4-7;1-2/h8H,2-6H2,1H3;1-2H3. The Kier molecular flexibility index (Phi) is 5.51. The highest BCUT2D eigenvalue weighted by Crippen LogP contribution is 2.22. The summed E-state index contributed by atoms with van der Waals surface area (Å²) in [6.45, 7) is 7.47. The van der Waals surface area contributed by atoms with Crippen LogP contribution in [0, 0.1) is 0 Å². The Balaban J connectivity index is 0.000000461. The summed E-state index contributed by atoms with van der Waals surface area (Å²) in [7, 11) is 0. The van der Waals surface area contributed by atoms with Crippen LogP contribution in [0.2, 0.25) is 0 Å². The molecular formula is C9H20O2. The molecule has 0 saturated carbocycles. The first-order valence-corrected chi connectivity index (χ1v) is 4.57. The van der Waals surface area contributed by atoms with Crippen molar-refractivity contribution in [1.82, 2.24) is 0 Å². The molecule has 0 spiro atoms. The van der Waals surface area contributed by atoms with Crippen molar-refractivity contribution in [2.75, 3.05) is 13.2 Å². The molecule has 2 heteroatoms. The second-order valence-corrected chi connectivity index (χ2v) is 2.69. The van der Waals surface area contributed by atoms with Gasteiger partial charge in [0, 0.05) is 13.2 Å². The lowest BCUT2D eigenvalue weighted by Crippen LogP contribution is -2.35. The lowest BCUT2D eigenvalue weighted by atomic mass is 9.92. The summed E-state index contributed by atoms with van der Waals surface area (Å²) in [6.07, 6.45) is 2.48. The van der Waals surface area contributed by atoms with Gasteiger partial charge in [-0.1, -0.05) is 20.8 Å². The van der Waals surface area contributed by atoms with E-state index in [1.54, 1.807) is 0 Å². The fourth-order valence-electron chi connectivity index (χ4n) is 1.10. The lowest BCUT2D eigenvalue weighted by Gasteiger charge is -2.30. The van der Waals surface area contributed by atoms with E-state index in [9.17, 15) is 5.11 Å². The molecule has 1 aliphatic heterocycles. The first-order valence-electron chi connectivity index (χ1n) is 4.57. The van der Waals surface area contributed by atoms with Crippen LogP contribution in [0.25, 0.3) is 0 Å². The van der Waals surface area contributed by atoms with Crippen molar-refractivity contribution in [3.8, 4) is 0 Å². The highest BCUT2D eigenvalue weighted by atomic mass is 16.5. The third-order valence-corrected chi connectivity index (χ3v) is 2.08. The number of aliphatic hydroxyl groups is 1. The van der Waals surface area contributed by atoms with Gasteiger partial charge in [0.05, 0.1) is 5.60 Å². The number of hydrogen-bond acceptors (Lipinski definition) is 2. The SMILES string of the molecule is CC.CCC1(O)CCOCC1. The van der Waals surface area contributed by atoms with Crippen LogP contribution in [0.3, 0.4) is 0 Å². The van der Waals surface area contributed by atoms with Crippen LogP contribution in [0.1, 0.15) is 40.0 Å². The van der Waals surface area contributed by atoms with E-state index in [1.165, 1.54) is 0 Å². The highest BCUT2D eigenvalue weighted by Gasteiger charge is 2.26. The highest BCUT2D eigenvalue weighted by molar-refractivity contribution is 4.78. The molecule has 0 radical (unpaired) electrons. The van der Waals surface area contributed by atoms with Crippen molar-refractivity contribution in [1.29, 1.82) is 0 Å². The average Bonchev–Trinajstić information content (AvgIpc) is 2.10. The van der Waals surface area contributed by atoms with Crippen LogP contribution in [0.4, 0.5) is 0 Å². The van der Waals surface area contributed by atoms with E-state index in [4.69, 9.17) is 4.74 Å². The van der Waals surface area contributed by atoms with Crippen LogP contribution in [-0.4, -0.2) is 23.9 Å². The number of rotatable bonds is 1. The van der Waals surface area contributed by atoms with Gasteiger partial charge in [0.1, 0.15) is 0 Å². The van der Waals surface area contributed by atoms with E-state index in [0.717, 1.165) is 32.5 Å². The summed E-state index contributed by atoms with van der Waals surface area (Å²) in [5.74, 6) is 0. The van der Waals surface area contributed by atoms with Crippen molar-refractivity contribution in [3.63, 3.8) is 0 Å². The Morgan fingerprint density at radius 2 is 1.73 bits per heavy atom. The van der Waals surface area contributed by atoms with Crippen molar-refractivity contribution >= 4 is 0 Å². The Bertz CT molecular complexity index is 85.6. The molecule has 1 rings (SSSR count). The molecule has 1 saturated heterocycles. The summed E-state index contributed by atoms with van der Waals surface area (Å²) in [6, 6.07) is 0. The molecule has 1 aliphatic rings. The molecule has 0 atom stereocenters. The van der Waals surface area contributed by atoms with Gasteiger partial charge in [0.15, 0.2) is 0 Å². The molecule has 0 amide bonds. The summed E-state index contributed by atoms with van der Waals surface area (Å²) in [5.41, 5.74) is -0.405. The molecule has 11 heavy (non-hydrogen) atoms. The van der Waals surface area contributed by atoms with Gasteiger partial charge in [-0.3, -0.25) is 0 Å². The van der Waals surface area contributed by atoms with E-state index in [1.807, 2.05) is 20.8 Å². The molecule has 2 nitrogen and oxygen atoms in total. The fraction of sp³-hybridized carbons (Fsp3) is 1.00. The predicted molar refractivity (Wildman–Crippen MR) is 46.6 cm³/mol. The van der Waals surface area contributed by atoms with Gasteiger partial charge < -0.3 is 9.84 Å². The third-order valence-electron chi connectivity index (χ3n) is 2.08. The Labute approximate surface area is 69.6 Å². The second-order valence-electron chi connectivity index (χ2n) is 2.69. The first kappa shape index (κ1) is 10.9. The van der Waals surface area contributed by atoms with Crippen LogP contribution in [0.15, 0.2) is 0 Å². The maximum absolute atomic E-state index is 9.60. The van der Waals surface area contributed by atoms with Crippen LogP contribution in [0.5, 0.6) is 0 Å². The van der Waals surface area contributed by atoms with Gasteiger partial charge >= 0.3 is 0 Å². The van der Waals surface area contributed by atoms with E-state index < -0.39 is 5.60 Å². The third kappa shape index (κ3) is 3.73. The van der Waals surface area contributed by atoms with Crippen LogP contribution >= 0.6 is 0 Å². The smallest absolute Gasteiger partial charge is 0.0689 e. The van der Waals surface area contributed by atoms with E-state index in [-0.39, 0.29) is 0 Å². The number of ether oxygens (including phenoxy) is 1. The van der Waals surface area contributed by atoms with E-state index in [2.05, 4.69) is 0 Å². The molecule has 1 N–H and O–H groups in total. The summed E-state index contributed by atoms with van der Waals surface area (Å²) in [5, 5.41) is 9.60. The van der Waals surface area contributed by atoms with Gasteiger partial charge in [-0.25, -0.2) is 0 Å². The maximum atomic E-state index is 9.60. The normalized spacial score (nSPS) is 21.8. The van der Waals surface area contributed by atoms with E-state index in [0.29, 0.717) is 0 Å². The minimum absolute atomic E-state index is 0.405. The molecule has 0 aromatic carbocycles. The van der Waals surface area contributed by atoms with Gasteiger partial charge in [-0.15, -0.1) is 0 Å². The van der Waals surface area contributed by atoms with Crippen molar-refractivity contribution in [2.45, 2.75) is 45.6 Å². The molecular weight excluding hydrogens is 140 g/mol. The van der Waals surface area contributed by atoms with Crippen molar-refractivity contribution in [2.24, 2.45) is 0 Å². The van der Waals surface area contributed by atoms with E-state index >= 15 is 0 Å². The maximum Gasteiger partial charge on any atom is 0.0689 e. The van der Waals surface area contributed by atoms with Crippen LogP contribution < -0.4 is 0 Å². The predicted octanol–water partition coefficient (Wildman–Crippen LogP) is 1.96. The largest absolute Gasteiger partial charge is 0.390 e. The Morgan fingerprint density at radius 1 is 1.27 bits per heavy atom. The van der Waals surface area contributed by atoms with Crippen molar-refractivity contribution in [3.05, 3.63) is 0 Å². The second kappa shape index (κ2) is 5.56. The lowest BCUT2D eigenvalue weighted by molar-refractivity contribution is -0.0650. The summed E-state index contributed by atoms with van der Waals surface area (Å²) >= 11 is 0. The molecule has 1 heterocycles. The zero-order valence-corrected chi connectivity index (χ0v) is 7.89. The monoisotopic (exact) mass is 160 g/mol. The van der Waals surface area contributed by atoms with Gasteiger partial charge in [-0.2, -0.15) is 0 Å². The zero-order valence-electron chi connectivity index (χ0n) is 7.89. The Morgan fingerprint density at radius 3 is 2.00 bits per heavy atom. The number of hydrogen-bond donors (Lipinski definition) is 1. The van der Waals surface area contributed by atoms with Gasteiger partial charge in [0.2, 0.25) is 0 Å². The van der Waals surface area contributed by atoms with Crippen LogP contribution in [-0.2, 0) is 4.74 Å². The molecule has 0 aliphatic carbocycles. The summed E-state index contributed by atoms with van der Waals surface area (Å²) < 4.78 is 5.11. The van der Waals surface area contributed by atoms with Crippen molar-refractivity contribution < 1.29 is 9.84 Å². The molecule has 0 bridgehead atoms. The quantitative estimate of drug-likeness (QED) is 0.635. The Hall–Kier alpha value is -0.0800. The summed E-state index contributed by atoms with van der Waals surface area (Å²) in [4.78, 5) is 0. The average molecular weight is 160 g/mol. The first-order chi connectivity index (χ1) is 5.27. The fourth-order valence-corrected chi connectivity index (χ4v) is 1.10. The minimum atomic E-state index is -0.405. The molecule has 1 fully saturated rings. The molecule has 0 aromatic rings. The molecule has 68 valence electrons.